The maximum absolute atomic E-state index is 5.78. The van der Waals surface area contributed by atoms with Crippen molar-refractivity contribution < 1.29 is 0 Å². The van der Waals surface area contributed by atoms with Crippen LogP contribution in [0.4, 0.5) is 0 Å². The van der Waals surface area contributed by atoms with Crippen molar-refractivity contribution in [1.82, 2.24) is 20.2 Å². The Balaban J connectivity index is 1.67. The number of halogens is 1. The Morgan fingerprint density at radius 3 is 2.44 bits per heavy atom. The zero-order valence-electron chi connectivity index (χ0n) is 10.5. The first-order valence-corrected chi connectivity index (χ1v) is 7.13. The summed E-state index contributed by atoms with van der Waals surface area (Å²) in [4.78, 5) is 11.1. The predicted octanol–water partition coefficient (Wildman–Crippen LogP) is 1.85. The molecule has 2 fully saturated rings. The fourth-order valence-corrected chi connectivity index (χ4v) is 2.81. The van der Waals surface area contributed by atoms with Crippen molar-refractivity contribution in [3.63, 3.8) is 0 Å². The van der Waals surface area contributed by atoms with Crippen molar-refractivity contribution in [2.24, 2.45) is 0 Å². The molecule has 1 saturated carbocycles. The molecule has 3 rings (SSSR count). The van der Waals surface area contributed by atoms with Crippen molar-refractivity contribution in [3.05, 3.63) is 23.2 Å². The SMILES string of the molecule is Clc1cnc(CN(C2CCNCC2)C2CC2)cn1. The molecule has 4 nitrogen and oxygen atoms in total. The maximum Gasteiger partial charge on any atom is 0.147 e. The normalized spacial score (nSPS) is 21.4. The first-order chi connectivity index (χ1) is 8.83. The number of nitrogens with zero attached hydrogens (tertiary/aromatic N) is 3. The van der Waals surface area contributed by atoms with E-state index in [0.717, 1.165) is 31.4 Å². The van der Waals surface area contributed by atoms with Gasteiger partial charge in [-0.2, -0.15) is 0 Å². The molecule has 1 saturated heterocycles. The Morgan fingerprint density at radius 2 is 1.83 bits per heavy atom. The molecule has 0 spiro atoms. The molecule has 0 unspecified atom stereocenters. The summed E-state index contributed by atoms with van der Waals surface area (Å²) in [6, 6.07) is 1.47. The largest absolute Gasteiger partial charge is 0.317 e. The van der Waals surface area contributed by atoms with E-state index in [9.17, 15) is 0 Å². The van der Waals surface area contributed by atoms with Gasteiger partial charge in [0.1, 0.15) is 5.15 Å². The summed E-state index contributed by atoms with van der Waals surface area (Å²) in [7, 11) is 0. The highest BCUT2D eigenvalue weighted by atomic mass is 35.5. The van der Waals surface area contributed by atoms with E-state index in [1.165, 1.54) is 25.7 Å². The summed E-state index contributed by atoms with van der Waals surface area (Å²) in [6.45, 7) is 3.19. The molecular weight excluding hydrogens is 248 g/mol. The number of hydrogen-bond acceptors (Lipinski definition) is 4. The smallest absolute Gasteiger partial charge is 0.147 e. The van der Waals surface area contributed by atoms with Crippen LogP contribution in [0, 0.1) is 0 Å². The van der Waals surface area contributed by atoms with Gasteiger partial charge in [0.25, 0.3) is 0 Å². The molecule has 0 amide bonds. The summed E-state index contributed by atoms with van der Waals surface area (Å²) in [5.41, 5.74) is 1.03. The maximum atomic E-state index is 5.78. The van der Waals surface area contributed by atoms with Crippen LogP contribution >= 0.6 is 11.6 Å². The lowest BCUT2D eigenvalue weighted by Crippen LogP contribution is -2.44. The van der Waals surface area contributed by atoms with Gasteiger partial charge < -0.3 is 5.32 Å². The Labute approximate surface area is 113 Å². The summed E-state index contributed by atoms with van der Waals surface area (Å²) < 4.78 is 0. The number of rotatable bonds is 4. The van der Waals surface area contributed by atoms with Crippen LogP contribution in [0.2, 0.25) is 5.15 Å². The van der Waals surface area contributed by atoms with Gasteiger partial charge in [-0.05, 0) is 38.8 Å². The molecule has 2 aliphatic rings. The average Bonchev–Trinajstić information content (AvgIpc) is 3.23. The minimum absolute atomic E-state index is 0.471. The van der Waals surface area contributed by atoms with E-state index >= 15 is 0 Å². The zero-order valence-corrected chi connectivity index (χ0v) is 11.2. The van der Waals surface area contributed by atoms with Gasteiger partial charge in [-0.1, -0.05) is 11.6 Å². The highest BCUT2D eigenvalue weighted by molar-refractivity contribution is 6.29. The molecule has 1 aliphatic carbocycles. The molecule has 98 valence electrons. The van der Waals surface area contributed by atoms with E-state index in [2.05, 4.69) is 20.2 Å². The fourth-order valence-electron chi connectivity index (χ4n) is 2.71. The quantitative estimate of drug-likeness (QED) is 0.903. The van der Waals surface area contributed by atoms with E-state index < -0.39 is 0 Å². The van der Waals surface area contributed by atoms with Crippen LogP contribution < -0.4 is 5.32 Å². The number of aromatic nitrogens is 2. The van der Waals surface area contributed by atoms with Crippen molar-refractivity contribution in [2.75, 3.05) is 13.1 Å². The highest BCUT2D eigenvalue weighted by Crippen LogP contribution is 2.32. The molecule has 1 aromatic heterocycles. The molecule has 1 aliphatic heterocycles. The lowest BCUT2D eigenvalue weighted by Gasteiger charge is -2.34. The van der Waals surface area contributed by atoms with Crippen LogP contribution in [0.15, 0.2) is 12.4 Å². The summed E-state index contributed by atoms with van der Waals surface area (Å²) in [6.07, 6.45) is 8.62. The summed E-state index contributed by atoms with van der Waals surface area (Å²) >= 11 is 5.78. The van der Waals surface area contributed by atoms with Gasteiger partial charge in [0, 0.05) is 18.6 Å². The molecule has 0 atom stereocenters. The Kier molecular flexibility index (Phi) is 3.77. The van der Waals surface area contributed by atoms with Gasteiger partial charge in [0.2, 0.25) is 0 Å². The lowest BCUT2D eigenvalue weighted by molar-refractivity contribution is 0.143. The second-order valence-electron chi connectivity index (χ2n) is 5.22. The minimum atomic E-state index is 0.471. The topological polar surface area (TPSA) is 41.1 Å². The second-order valence-corrected chi connectivity index (χ2v) is 5.60. The molecule has 1 N–H and O–H groups in total. The van der Waals surface area contributed by atoms with E-state index in [-0.39, 0.29) is 0 Å². The third kappa shape index (κ3) is 2.99. The van der Waals surface area contributed by atoms with Crippen LogP contribution in [0.25, 0.3) is 0 Å². The van der Waals surface area contributed by atoms with Crippen LogP contribution in [0.3, 0.4) is 0 Å². The lowest BCUT2D eigenvalue weighted by atomic mass is 10.0. The number of hydrogen-bond donors (Lipinski definition) is 1. The third-order valence-corrected chi connectivity index (χ3v) is 4.01. The van der Waals surface area contributed by atoms with Crippen LogP contribution in [-0.2, 0) is 6.54 Å². The minimum Gasteiger partial charge on any atom is -0.317 e. The molecule has 0 aromatic carbocycles. The molecule has 18 heavy (non-hydrogen) atoms. The second kappa shape index (κ2) is 5.51. The van der Waals surface area contributed by atoms with E-state index in [1.807, 2.05) is 0 Å². The fraction of sp³-hybridized carbons (Fsp3) is 0.692. The number of nitrogens with one attached hydrogen (secondary N) is 1. The molecule has 5 heteroatoms. The highest BCUT2D eigenvalue weighted by Gasteiger charge is 2.34. The Morgan fingerprint density at radius 1 is 1.11 bits per heavy atom. The summed E-state index contributed by atoms with van der Waals surface area (Å²) in [5.74, 6) is 0. The van der Waals surface area contributed by atoms with Crippen LogP contribution in [0.1, 0.15) is 31.4 Å². The Bertz CT molecular complexity index is 384. The molecular formula is C13H19ClN4. The monoisotopic (exact) mass is 266 g/mol. The van der Waals surface area contributed by atoms with Crippen LogP contribution in [0.5, 0.6) is 0 Å². The summed E-state index contributed by atoms with van der Waals surface area (Å²) in [5, 5.41) is 3.90. The van der Waals surface area contributed by atoms with Gasteiger partial charge in [-0.15, -0.1) is 0 Å². The van der Waals surface area contributed by atoms with E-state index in [4.69, 9.17) is 11.6 Å². The first-order valence-electron chi connectivity index (χ1n) is 6.76. The van der Waals surface area contributed by atoms with Gasteiger partial charge in [-0.25, -0.2) is 4.98 Å². The van der Waals surface area contributed by atoms with E-state index in [0.29, 0.717) is 11.2 Å². The van der Waals surface area contributed by atoms with E-state index in [1.54, 1.807) is 12.4 Å². The third-order valence-electron chi connectivity index (χ3n) is 3.81. The average molecular weight is 267 g/mol. The van der Waals surface area contributed by atoms with Gasteiger partial charge in [-0.3, -0.25) is 9.88 Å². The predicted molar refractivity (Wildman–Crippen MR) is 71.5 cm³/mol. The van der Waals surface area contributed by atoms with Gasteiger partial charge >= 0.3 is 0 Å². The van der Waals surface area contributed by atoms with Crippen molar-refractivity contribution in [1.29, 1.82) is 0 Å². The molecule has 0 radical (unpaired) electrons. The number of piperidine rings is 1. The zero-order chi connectivity index (χ0) is 12.4. The van der Waals surface area contributed by atoms with Gasteiger partial charge in [0.15, 0.2) is 0 Å². The molecule has 1 aromatic rings. The van der Waals surface area contributed by atoms with Gasteiger partial charge in [0.05, 0.1) is 18.1 Å². The first kappa shape index (κ1) is 12.3. The van der Waals surface area contributed by atoms with Crippen molar-refractivity contribution in [3.8, 4) is 0 Å². The Hall–Kier alpha value is -0.710. The standard InChI is InChI=1S/C13H19ClN4/c14-13-8-16-10(7-17-13)9-18(11-1-2-11)12-3-5-15-6-4-12/h7-8,11-12,15H,1-6,9H2. The molecule has 0 bridgehead atoms. The van der Waals surface area contributed by atoms with Crippen molar-refractivity contribution in [2.45, 2.75) is 44.3 Å². The molecule has 2 heterocycles. The van der Waals surface area contributed by atoms with Crippen molar-refractivity contribution >= 4 is 11.6 Å². The van der Waals surface area contributed by atoms with Crippen LogP contribution in [-0.4, -0.2) is 40.0 Å².